The summed E-state index contributed by atoms with van der Waals surface area (Å²) in [7, 11) is 0. The van der Waals surface area contributed by atoms with E-state index in [0.717, 1.165) is 35.5 Å². The molecule has 3 rings (SSSR count). The van der Waals surface area contributed by atoms with Gasteiger partial charge in [0.2, 0.25) is 5.91 Å². The van der Waals surface area contributed by atoms with Crippen molar-refractivity contribution in [1.29, 1.82) is 0 Å². The zero-order chi connectivity index (χ0) is 19.4. The van der Waals surface area contributed by atoms with E-state index in [0.29, 0.717) is 25.1 Å². The Balaban J connectivity index is 1.73. The van der Waals surface area contributed by atoms with E-state index >= 15 is 0 Å². The van der Waals surface area contributed by atoms with Crippen LogP contribution in [0.15, 0.2) is 30.5 Å². The number of benzene rings is 1. The lowest BCUT2D eigenvalue weighted by Gasteiger charge is -2.15. The molecule has 142 valence electrons. The molecular weight excluding hydrogens is 340 g/mol. The Kier molecular flexibility index (Phi) is 5.84. The Hall–Kier alpha value is -2.76. The molecule has 1 aliphatic heterocycles. The molecule has 0 bridgehead atoms. The van der Waals surface area contributed by atoms with Crippen LogP contribution in [0.5, 0.6) is 0 Å². The average Bonchev–Trinajstić information content (AvgIpc) is 3.02. The van der Waals surface area contributed by atoms with E-state index in [1.807, 2.05) is 44.3 Å². The zero-order valence-electron chi connectivity index (χ0n) is 16.2. The van der Waals surface area contributed by atoms with Gasteiger partial charge in [0.1, 0.15) is 5.82 Å². The minimum absolute atomic E-state index is 0.0979. The summed E-state index contributed by atoms with van der Waals surface area (Å²) in [5.41, 5.74) is 3.61. The first-order chi connectivity index (χ1) is 13.0. The van der Waals surface area contributed by atoms with E-state index in [9.17, 15) is 9.59 Å². The van der Waals surface area contributed by atoms with Crippen LogP contribution in [-0.4, -0.2) is 45.8 Å². The Bertz CT molecular complexity index is 833. The fourth-order valence-electron chi connectivity index (χ4n) is 3.42. The topological polar surface area (TPSA) is 75.2 Å². The third kappa shape index (κ3) is 4.32. The van der Waals surface area contributed by atoms with Gasteiger partial charge in [-0.1, -0.05) is 25.5 Å². The number of hydrogen-bond acceptors (Lipinski definition) is 4. The molecule has 1 atom stereocenters. The molecule has 2 aromatic rings. The molecule has 1 aromatic carbocycles. The first kappa shape index (κ1) is 19.0. The van der Waals surface area contributed by atoms with Gasteiger partial charge < -0.3 is 10.2 Å². The SMILES string of the molecule is CCCc1cnc(C)nc1-c1ccc(C(=O)N[C@H]2CC(=O)N(CC)C2)cc1. The lowest BCUT2D eigenvalue weighted by molar-refractivity contribution is -0.127. The normalized spacial score (nSPS) is 16.6. The first-order valence-corrected chi connectivity index (χ1v) is 9.53. The second-order valence-electron chi connectivity index (χ2n) is 6.93. The molecule has 1 aliphatic rings. The zero-order valence-corrected chi connectivity index (χ0v) is 16.2. The molecule has 0 radical (unpaired) electrons. The van der Waals surface area contributed by atoms with Gasteiger partial charge in [0.15, 0.2) is 0 Å². The largest absolute Gasteiger partial charge is 0.347 e. The summed E-state index contributed by atoms with van der Waals surface area (Å²) in [4.78, 5) is 35.0. The van der Waals surface area contributed by atoms with Crippen LogP contribution in [-0.2, 0) is 11.2 Å². The van der Waals surface area contributed by atoms with Crippen LogP contribution in [0.25, 0.3) is 11.3 Å². The third-order valence-corrected chi connectivity index (χ3v) is 4.86. The van der Waals surface area contributed by atoms with Crippen LogP contribution >= 0.6 is 0 Å². The Morgan fingerprint density at radius 2 is 2.00 bits per heavy atom. The number of likely N-dealkylation sites (N-methyl/N-ethyl adjacent to an activating group) is 1. The maximum atomic E-state index is 12.5. The van der Waals surface area contributed by atoms with Crippen LogP contribution in [0, 0.1) is 6.92 Å². The molecule has 1 aromatic heterocycles. The van der Waals surface area contributed by atoms with E-state index in [2.05, 4.69) is 22.2 Å². The van der Waals surface area contributed by atoms with Gasteiger partial charge in [0, 0.05) is 36.8 Å². The van der Waals surface area contributed by atoms with E-state index < -0.39 is 0 Å². The van der Waals surface area contributed by atoms with Gasteiger partial charge in [0.05, 0.1) is 11.7 Å². The second-order valence-corrected chi connectivity index (χ2v) is 6.93. The number of rotatable bonds is 6. The molecule has 6 nitrogen and oxygen atoms in total. The van der Waals surface area contributed by atoms with Crippen LogP contribution in [0.1, 0.15) is 48.4 Å². The van der Waals surface area contributed by atoms with Crippen molar-refractivity contribution in [2.75, 3.05) is 13.1 Å². The van der Waals surface area contributed by atoms with Crippen molar-refractivity contribution in [2.24, 2.45) is 0 Å². The Morgan fingerprint density at radius 1 is 1.26 bits per heavy atom. The summed E-state index contributed by atoms with van der Waals surface area (Å²) >= 11 is 0. The van der Waals surface area contributed by atoms with Crippen molar-refractivity contribution < 1.29 is 9.59 Å². The van der Waals surface area contributed by atoms with Gasteiger partial charge >= 0.3 is 0 Å². The van der Waals surface area contributed by atoms with Crippen molar-refractivity contribution in [3.63, 3.8) is 0 Å². The lowest BCUT2D eigenvalue weighted by atomic mass is 10.0. The van der Waals surface area contributed by atoms with Crippen molar-refractivity contribution in [2.45, 2.75) is 46.1 Å². The molecule has 6 heteroatoms. The maximum Gasteiger partial charge on any atom is 0.251 e. The van der Waals surface area contributed by atoms with E-state index in [1.54, 1.807) is 4.90 Å². The molecule has 1 fully saturated rings. The molecule has 1 saturated heterocycles. The van der Waals surface area contributed by atoms with E-state index in [-0.39, 0.29) is 17.9 Å². The molecule has 1 N–H and O–H groups in total. The number of carbonyl (C=O) groups is 2. The highest BCUT2D eigenvalue weighted by Gasteiger charge is 2.29. The van der Waals surface area contributed by atoms with Crippen molar-refractivity contribution >= 4 is 11.8 Å². The third-order valence-electron chi connectivity index (χ3n) is 4.86. The number of aromatic nitrogens is 2. The van der Waals surface area contributed by atoms with Crippen molar-refractivity contribution in [1.82, 2.24) is 20.2 Å². The number of nitrogens with one attached hydrogen (secondary N) is 1. The summed E-state index contributed by atoms with van der Waals surface area (Å²) in [6.07, 6.45) is 4.20. The number of nitrogens with zero attached hydrogens (tertiary/aromatic N) is 3. The van der Waals surface area contributed by atoms with Crippen molar-refractivity contribution in [3.05, 3.63) is 47.4 Å². The molecule has 0 spiro atoms. The highest BCUT2D eigenvalue weighted by atomic mass is 16.2. The van der Waals surface area contributed by atoms with Gasteiger partial charge in [-0.05, 0) is 38.0 Å². The summed E-state index contributed by atoms with van der Waals surface area (Å²) in [5, 5.41) is 2.96. The minimum Gasteiger partial charge on any atom is -0.347 e. The molecule has 0 unspecified atom stereocenters. The molecule has 27 heavy (non-hydrogen) atoms. The van der Waals surface area contributed by atoms with E-state index in [4.69, 9.17) is 0 Å². The predicted octanol–water partition coefficient (Wildman–Crippen LogP) is 2.76. The molecule has 0 saturated carbocycles. The molecule has 2 heterocycles. The fourth-order valence-corrected chi connectivity index (χ4v) is 3.42. The second kappa shape index (κ2) is 8.29. The molecule has 2 amide bonds. The Morgan fingerprint density at radius 3 is 2.63 bits per heavy atom. The highest BCUT2D eigenvalue weighted by Crippen LogP contribution is 2.23. The standard InChI is InChI=1S/C21H26N4O2/c1-4-6-17-12-22-14(3)23-20(17)15-7-9-16(10-8-15)21(27)24-18-11-19(26)25(5-2)13-18/h7-10,12,18H,4-6,11,13H2,1-3H3,(H,24,27)/t18-/m0/s1. The van der Waals surface area contributed by atoms with Crippen LogP contribution in [0.4, 0.5) is 0 Å². The summed E-state index contributed by atoms with van der Waals surface area (Å²) in [6.45, 7) is 7.22. The van der Waals surface area contributed by atoms with Gasteiger partial charge in [-0.2, -0.15) is 0 Å². The lowest BCUT2D eigenvalue weighted by Crippen LogP contribution is -2.37. The predicted molar refractivity (Wildman–Crippen MR) is 104 cm³/mol. The molecular formula is C21H26N4O2. The fraction of sp³-hybridized carbons (Fsp3) is 0.429. The number of amides is 2. The summed E-state index contributed by atoms with van der Waals surface area (Å²) in [5.74, 6) is 0.684. The van der Waals surface area contributed by atoms with Crippen LogP contribution in [0.3, 0.4) is 0 Å². The summed E-state index contributed by atoms with van der Waals surface area (Å²) < 4.78 is 0. The number of likely N-dealkylation sites (tertiary alicyclic amines) is 1. The number of aryl methyl sites for hydroxylation is 2. The quantitative estimate of drug-likeness (QED) is 0.853. The van der Waals surface area contributed by atoms with Crippen LogP contribution < -0.4 is 5.32 Å². The maximum absolute atomic E-state index is 12.5. The average molecular weight is 366 g/mol. The highest BCUT2D eigenvalue weighted by molar-refractivity contribution is 5.95. The Labute approximate surface area is 160 Å². The molecule has 0 aliphatic carbocycles. The van der Waals surface area contributed by atoms with Crippen molar-refractivity contribution in [3.8, 4) is 11.3 Å². The van der Waals surface area contributed by atoms with Gasteiger partial charge in [-0.25, -0.2) is 9.97 Å². The van der Waals surface area contributed by atoms with Gasteiger partial charge in [0.25, 0.3) is 5.91 Å². The van der Waals surface area contributed by atoms with Gasteiger partial charge in [-0.15, -0.1) is 0 Å². The van der Waals surface area contributed by atoms with Crippen LogP contribution in [0.2, 0.25) is 0 Å². The number of carbonyl (C=O) groups excluding carboxylic acids is 2. The number of hydrogen-bond donors (Lipinski definition) is 1. The monoisotopic (exact) mass is 366 g/mol. The smallest absolute Gasteiger partial charge is 0.251 e. The summed E-state index contributed by atoms with van der Waals surface area (Å²) in [6, 6.07) is 7.35. The minimum atomic E-state index is -0.148. The van der Waals surface area contributed by atoms with E-state index in [1.165, 1.54) is 0 Å². The first-order valence-electron chi connectivity index (χ1n) is 9.53. The van der Waals surface area contributed by atoms with Gasteiger partial charge in [-0.3, -0.25) is 9.59 Å².